The maximum absolute atomic E-state index is 13.1. The Kier molecular flexibility index (Phi) is 17.9. The molecule has 12 heterocycles. The standard InChI is InChI=1S/C13H17N7O2S.C12H15N7O2S.C10H8F3N7O2S.C10H9F2N7O2S/c1-13(2,3)20-10(8-22-11-14-5-6-23-11)9(7-15-20)19-12(21)18(4)16-17-19;1-8(2)18-10(7-21-11-13-4-5-22-11)9(6-14-18)19-12(20)17(3)15-16-19;1-18-9(21)19(17-16-18)6-4-15-20(10(11,12)13)7(6)5-22-8-14-2-3-23-8;1-17-10(20)19(16-15-17)6-4-14-18(8(11)12)7(6)5-21-9-13-2-3-22-9/h5-7H,8H2,1-4H3;4-6,8H,7H2,1-3H3;2-4H,5H2,1H3;2-4,8H,5H2,1H3/i5T;4T;2*2T. The predicted molar refractivity (Wildman–Crippen MR) is 303 cm³/mol. The second-order valence-electron chi connectivity index (χ2n) is 18.9. The zero-order valence-electron chi connectivity index (χ0n) is 51.9. The van der Waals surface area contributed by atoms with Gasteiger partial charge in [0.2, 0.25) is 0 Å². The Morgan fingerprint density at radius 2 is 0.744 bits per heavy atom. The lowest BCUT2D eigenvalue weighted by molar-refractivity contribution is -0.214. The number of hydrogen-bond donors (Lipinski definition) is 0. The van der Waals surface area contributed by atoms with Gasteiger partial charge in [0, 0.05) is 80.4 Å². The molecule has 0 amide bonds. The molecule has 0 aliphatic carbocycles. The summed E-state index contributed by atoms with van der Waals surface area (Å²) < 4.78 is 128. The van der Waals surface area contributed by atoms with Crippen LogP contribution in [0.3, 0.4) is 0 Å². The van der Waals surface area contributed by atoms with Crippen LogP contribution in [0, 0.1) is 0 Å². The Bertz CT molecular complexity index is 4500. The molecule has 90 heavy (non-hydrogen) atoms. The summed E-state index contributed by atoms with van der Waals surface area (Å²) in [6.45, 7) is 6.43. The van der Waals surface area contributed by atoms with E-state index in [-0.39, 0.29) is 99.6 Å². The fraction of sp³-hybridized carbons (Fsp3) is 0.378. The number of ether oxygens (including phenoxy) is 4. The van der Waals surface area contributed by atoms with E-state index >= 15 is 0 Å². The lowest BCUT2D eigenvalue weighted by Crippen LogP contribution is -2.28. The van der Waals surface area contributed by atoms with Gasteiger partial charge in [-0.15, -0.1) is 13.2 Å². The SMILES string of the molecule is [3H]c1csc(OCc2c(-n3nnn(C)c3=O)cnn2C(C)(C)C)n1.[3H]c1csc(OCc2c(-n3nnn(C)c3=O)cnn2C(C)C)n1.[3H]c1csc(OCc2c(-n3nnn(C)c3=O)cnn2C(F)(F)F)n1.[3H]c1csc(OCc2c(-n3nnn(C)c3=O)cnn2C(F)F)n1. The van der Waals surface area contributed by atoms with Gasteiger partial charge in [-0.05, 0) is 76.3 Å². The van der Waals surface area contributed by atoms with E-state index in [0.29, 0.717) is 42.5 Å². The maximum atomic E-state index is 13.1. The average Bonchev–Trinajstić information content (AvgIpc) is 1.66. The van der Waals surface area contributed by atoms with Crippen LogP contribution in [0.25, 0.3) is 22.7 Å². The molecular formula is C45H49F5N28O8S4. The molecule has 36 nitrogen and oxygen atoms in total. The molecule has 0 fully saturated rings. The number of alkyl halides is 5. The van der Waals surface area contributed by atoms with Crippen molar-refractivity contribution in [2.75, 3.05) is 0 Å². The second kappa shape index (κ2) is 27.4. The number of thiazole rings is 4. The van der Waals surface area contributed by atoms with Crippen LogP contribution in [0.1, 0.15) is 75.5 Å². The molecule has 12 aromatic rings. The molecule has 0 atom stereocenters. The highest BCUT2D eigenvalue weighted by Gasteiger charge is 2.37. The second-order valence-corrected chi connectivity index (χ2v) is 22.2. The number of rotatable bonds is 18. The Morgan fingerprint density at radius 3 is 1.02 bits per heavy atom. The summed E-state index contributed by atoms with van der Waals surface area (Å²) in [6.07, 6.45) is 0.509. The van der Waals surface area contributed by atoms with E-state index in [1.807, 2.05) is 34.6 Å². The third kappa shape index (κ3) is 14.5. The summed E-state index contributed by atoms with van der Waals surface area (Å²) >= 11 is 4.50. The molecule has 12 aromatic heterocycles. The molecular weight excluding hydrogens is 1280 g/mol. The summed E-state index contributed by atoms with van der Waals surface area (Å²) in [6, 6.07) is 0.0813. The van der Waals surface area contributed by atoms with Crippen molar-refractivity contribution < 1.29 is 46.4 Å². The molecule has 0 unspecified atom stereocenters. The van der Waals surface area contributed by atoms with E-state index in [9.17, 15) is 41.1 Å². The van der Waals surface area contributed by atoms with Crippen LogP contribution in [0.15, 0.2) is 90.2 Å². The Morgan fingerprint density at radius 1 is 0.456 bits per heavy atom. The molecule has 0 aliphatic heterocycles. The normalized spacial score (nSPS) is 12.2. The third-order valence-corrected chi connectivity index (χ3v) is 14.1. The predicted octanol–water partition coefficient (Wildman–Crippen LogP) is 3.00. The Hall–Kier alpha value is -10.3. The van der Waals surface area contributed by atoms with Gasteiger partial charge in [-0.3, -0.25) is 9.36 Å². The minimum absolute atomic E-state index is 0.0118. The summed E-state index contributed by atoms with van der Waals surface area (Å²) in [5, 5.41) is 51.6. The molecule has 0 aliphatic rings. The van der Waals surface area contributed by atoms with Crippen molar-refractivity contribution in [3.8, 4) is 43.5 Å². The molecule has 0 bridgehead atoms. The van der Waals surface area contributed by atoms with Crippen LogP contribution >= 0.6 is 45.3 Å². The monoisotopic (exact) mass is 1340 g/mol. The average molecular weight is 1340 g/mol. The third-order valence-electron chi connectivity index (χ3n) is 11.6. The fourth-order valence-corrected chi connectivity index (χ4v) is 9.28. The van der Waals surface area contributed by atoms with Crippen molar-refractivity contribution >= 4 is 45.3 Å². The Labute approximate surface area is 520 Å². The van der Waals surface area contributed by atoms with Crippen LogP contribution in [0.5, 0.6) is 20.8 Å². The lowest BCUT2D eigenvalue weighted by atomic mass is 10.1. The van der Waals surface area contributed by atoms with Crippen molar-refractivity contribution in [1.82, 2.24) is 138 Å². The molecule has 0 radical (unpaired) electrons. The van der Waals surface area contributed by atoms with Crippen molar-refractivity contribution in [1.29, 1.82) is 0 Å². The number of nitrogens with zero attached hydrogens (tertiary/aromatic N) is 28. The van der Waals surface area contributed by atoms with E-state index < -0.39 is 36.5 Å². The molecule has 476 valence electrons. The smallest absolute Gasteiger partial charge is 0.463 e. The van der Waals surface area contributed by atoms with E-state index in [0.717, 1.165) is 58.5 Å². The number of halogens is 5. The summed E-state index contributed by atoms with van der Waals surface area (Å²) in [4.78, 5) is 63.3. The van der Waals surface area contributed by atoms with Crippen molar-refractivity contribution in [2.45, 2.75) is 85.5 Å². The summed E-state index contributed by atoms with van der Waals surface area (Å²) in [5.74, 6) is 0. The fourth-order valence-electron chi connectivity index (χ4n) is 7.53. The van der Waals surface area contributed by atoms with Gasteiger partial charge >= 0.3 is 35.6 Å². The van der Waals surface area contributed by atoms with E-state index in [1.54, 1.807) is 32.5 Å². The van der Waals surface area contributed by atoms with E-state index in [4.69, 9.17) is 24.4 Å². The van der Waals surface area contributed by atoms with Crippen molar-refractivity contribution in [2.24, 2.45) is 28.2 Å². The minimum Gasteiger partial charge on any atom is -0.463 e. The molecule has 45 heteroatoms. The van der Waals surface area contributed by atoms with Gasteiger partial charge in [-0.1, -0.05) is 45.3 Å². The first-order valence-electron chi connectivity index (χ1n) is 27.3. The first-order valence-corrected chi connectivity index (χ1v) is 28.8. The molecule has 0 saturated heterocycles. The van der Waals surface area contributed by atoms with Gasteiger partial charge in [0.05, 0.1) is 35.8 Å². The van der Waals surface area contributed by atoms with Crippen LogP contribution in [-0.2, 0) is 66.5 Å². The highest BCUT2D eigenvalue weighted by Crippen LogP contribution is 2.29. The summed E-state index contributed by atoms with van der Waals surface area (Å²) in [7, 11) is 5.74. The molecule has 12 rings (SSSR count). The first kappa shape index (κ1) is 58.7. The van der Waals surface area contributed by atoms with Crippen molar-refractivity contribution in [3.63, 3.8) is 0 Å². The first-order chi connectivity index (χ1) is 44.5. The highest BCUT2D eigenvalue weighted by atomic mass is 32.1. The minimum atomic E-state index is -4.81. The lowest BCUT2D eigenvalue weighted by Gasteiger charge is -2.22. The number of aromatic nitrogens is 28. The van der Waals surface area contributed by atoms with E-state index in [1.165, 1.54) is 71.0 Å². The largest absolute Gasteiger partial charge is 0.504 e. The number of aryl methyl sites for hydroxylation is 4. The summed E-state index contributed by atoms with van der Waals surface area (Å²) in [5.41, 5.74) is -0.712. The van der Waals surface area contributed by atoms with Gasteiger partial charge in [0.25, 0.3) is 20.8 Å². The van der Waals surface area contributed by atoms with Crippen LogP contribution in [-0.4, -0.2) is 138 Å². The number of hydrogen-bond acceptors (Lipinski definition) is 28. The van der Waals surface area contributed by atoms with Gasteiger partial charge in [-0.2, -0.15) is 71.3 Å². The molecule has 0 spiro atoms. The molecule has 0 saturated carbocycles. The zero-order chi connectivity index (χ0) is 68.1. The van der Waals surface area contributed by atoms with Gasteiger partial charge in [0.1, 0.15) is 72.0 Å². The molecule has 0 N–H and O–H groups in total. The van der Waals surface area contributed by atoms with Gasteiger partial charge in [-0.25, -0.2) is 43.8 Å². The van der Waals surface area contributed by atoms with Crippen molar-refractivity contribution in [3.05, 3.63) is 136 Å². The molecule has 0 aromatic carbocycles. The topological polar surface area (TPSA) is 371 Å². The quantitative estimate of drug-likeness (QED) is 0.111. The van der Waals surface area contributed by atoms with Gasteiger partial charge in [0.15, 0.2) is 0 Å². The maximum Gasteiger partial charge on any atom is 0.504 e. The zero-order valence-corrected chi connectivity index (χ0v) is 51.2. The van der Waals surface area contributed by atoms with Crippen LogP contribution in [0.2, 0.25) is 0 Å². The number of tetrazole rings is 4. The Balaban J connectivity index is 0.000000148. The van der Waals surface area contributed by atoms with Gasteiger partial charge < -0.3 is 18.9 Å². The highest BCUT2D eigenvalue weighted by molar-refractivity contribution is 7.12. The van der Waals surface area contributed by atoms with Crippen LogP contribution < -0.4 is 41.7 Å². The van der Waals surface area contributed by atoms with Crippen LogP contribution in [0.4, 0.5) is 22.0 Å². The van der Waals surface area contributed by atoms with E-state index in [2.05, 4.69) is 82.0 Å².